The predicted octanol–water partition coefficient (Wildman–Crippen LogP) is 3.43. The summed E-state index contributed by atoms with van der Waals surface area (Å²) < 4.78 is 0. The molecule has 0 aromatic heterocycles. The van der Waals surface area contributed by atoms with E-state index in [-0.39, 0.29) is 5.91 Å². The van der Waals surface area contributed by atoms with Crippen molar-refractivity contribution in [1.82, 2.24) is 5.32 Å². The van der Waals surface area contributed by atoms with Crippen molar-refractivity contribution in [3.05, 3.63) is 39.9 Å². The molecule has 2 rings (SSSR count). The minimum Gasteiger partial charge on any atom is -0.388 e. The van der Waals surface area contributed by atoms with E-state index in [9.17, 15) is 9.90 Å². The van der Waals surface area contributed by atoms with Crippen molar-refractivity contribution in [2.45, 2.75) is 31.3 Å². The van der Waals surface area contributed by atoms with Crippen molar-refractivity contribution in [1.29, 1.82) is 0 Å². The molecule has 2 N–H and O–H groups in total. The van der Waals surface area contributed by atoms with E-state index in [1.54, 1.807) is 24.3 Å². The van der Waals surface area contributed by atoms with Gasteiger partial charge in [-0.2, -0.15) is 0 Å². The summed E-state index contributed by atoms with van der Waals surface area (Å²) in [6, 6.07) is 5.09. The monoisotopic (exact) mass is 313 g/mol. The number of hydrogen-bond donors (Lipinski definition) is 2. The van der Waals surface area contributed by atoms with E-state index in [1.807, 2.05) is 0 Å². The molecule has 0 atom stereocenters. The zero-order chi connectivity index (χ0) is 14.6. The van der Waals surface area contributed by atoms with Gasteiger partial charge in [0.2, 0.25) is 5.91 Å². The molecule has 0 saturated heterocycles. The highest BCUT2D eigenvalue weighted by Gasteiger charge is 2.30. The van der Waals surface area contributed by atoms with Crippen molar-refractivity contribution in [3.8, 4) is 0 Å². The van der Waals surface area contributed by atoms with Crippen LogP contribution in [-0.4, -0.2) is 23.2 Å². The van der Waals surface area contributed by atoms with Crippen molar-refractivity contribution in [3.63, 3.8) is 0 Å². The highest BCUT2D eigenvalue weighted by molar-refractivity contribution is 6.35. The molecular weight excluding hydrogens is 297 g/mol. The van der Waals surface area contributed by atoms with Gasteiger partial charge in [0.1, 0.15) is 0 Å². The molecule has 108 valence electrons. The minimum atomic E-state index is -0.735. The summed E-state index contributed by atoms with van der Waals surface area (Å²) in [5, 5.41) is 13.9. The lowest BCUT2D eigenvalue weighted by molar-refractivity contribution is -0.117. The van der Waals surface area contributed by atoms with Gasteiger partial charge in [-0.1, -0.05) is 42.1 Å². The number of carbonyl (C=O) groups is 1. The van der Waals surface area contributed by atoms with Gasteiger partial charge >= 0.3 is 0 Å². The first kappa shape index (κ1) is 15.4. The molecule has 1 aromatic rings. The highest BCUT2D eigenvalue weighted by Crippen LogP contribution is 2.28. The van der Waals surface area contributed by atoms with Crippen LogP contribution in [0.1, 0.15) is 31.2 Å². The normalized spacial score (nSPS) is 17.6. The summed E-state index contributed by atoms with van der Waals surface area (Å²) in [5.74, 6) is -0.239. The third-order valence-corrected chi connectivity index (χ3v) is 4.07. The van der Waals surface area contributed by atoms with Crippen LogP contribution < -0.4 is 5.32 Å². The molecule has 0 radical (unpaired) electrons. The van der Waals surface area contributed by atoms with Crippen LogP contribution in [0.5, 0.6) is 0 Å². The van der Waals surface area contributed by atoms with Crippen LogP contribution in [0.2, 0.25) is 10.0 Å². The van der Waals surface area contributed by atoms with Gasteiger partial charge in [0.15, 0.2) is 0 Å². The third-order valence-electron chi connectivity index (χ3n) is 3.50. The van der Waals surface area contributed by atoms with E-state index in [1.165, 1.54) is 6.08 Å². The molecule has 0 bridgehead atoms. The van der Waals surface area contributed by atoms with Crippen LogP contribution in [0.4, 0.5) is 0 Å². The van der Waals surface area contributed by atoms with Gasteiger partial charge in [0.05, 0.1) is 5.60 Å². The smallest absolute Gasteiger partial charge is 0.244 e. The van der Waals surface area contributed by atoms with E-state index >= 15 is 0 Å². The first-order chi connectivity index (χ1) is 9.48. The lowest BCUT2D eigenvalue weighted by atomic mass is 10.0. The molecule has 1 saturated carbocycles. The van der Waals surface area contributed by atoms with Gasteiger partial charge in [0.25, 0.3) is 0 Å². The maximum absolute atomic E-state index is 11.7. The summed E-state index contributed by atoms with van der Waals surface area (Å²) in [7, 11) is 0. The van der Waals surface area contributed by atoms with Gasteiger partial charge in [-0.05, 0) is 36.6 Å². The number of benzene rings is 1. The standard InChI is InChI=1S/C15H17Cl2NO2/c16-12-5-3-11(13(17)9-12)4-6-14(19)18-10-15(20)7-1-2-8-15/h3-6,9,20H,1-2,7-8,10H2,(H,18,19). The molecule has 3 nitrogen and oxygen atoms in total. The first-order valence-corrected chi connectivity index (χ1v) is 7.37. The van der Waals surface area contributed by atoms with Crippen molar-refractivity contribution in [2.24, 2.45) is 0 Å². The van der Waals surface area contributed by atoms with Crippen molar-refractivity contribution in [2.75, 3.05) is 6.54 Å². The number of rotatable bonds is 4. The largest absolute Gasteiger partial charge is 0.388 e. The summed E-state index contributed by atoms with van der Waals surface area (Å²) in [4.78, 5) is 11.7. The van der Waals surface area contributed by atoms with Gasteiger partial charge in [0, 0.05) is 22.7 Å². The number of halogens is 2. The van der Waals surface area contributed by atoms with E-state index < -0.39 is 5.60 Å². The molecular formula is C15H17Cl2NO2. The summed E-state index contributed by atoms with van der Waals surface area (Å²) in [6.45, 7) is 0.296. The molecule has 1 aliphatic rings. The Hall–Kier alpha value is -1.03. The van der Waals surface area contributed by atoms with Crippen molar-refractivity contribution >= 4 is 35.2 Å². The van der Waals surface area contributed by atoms with Gasteiger partial charge in [-0.25, -0.2) is 0 Å². The summed E-state index contributed by atoms with van der Waals surface area (Å²) in [6.07, 6.45) is 6.57. The Morgan fingerprint density at radius 2 is 2.05 bits per heavy atom. The van der Waals surface area contributed by atoms with Crippen molar-refractivity contribution < 1.29 is 9.90 Å². The predicted molar refractivity (Wildman–Crippen MR) is 81.9 cm³/mol. The second-order valence-corrected chi connectivity index (χ2v) is 5.99. The minimum absolute atomic E-state index is 0.239. The molecule has 1 aliphatic carbocycles. The Kier molecular flexibility index (Phi) is 5.08. The lowest BCUT2D eigenvalue weighted by Crippen LogP contribution is -2.40. The molecule has 20 heavy (non-hydrogen) atoms. The number of amides is 1. The van der Waals surface area contributed by atoms with Crippen LogP contribution in [0.25, 0.3) is 6.08 Å². The second-order valence-electron chi connectivity index (χ2n) is 5.15. The van der Waals surface area contributed by atoms with E-state index in [0.29, 0.717) is 16.6 Å². The van der Waals surface area contributed by atoms with E-state index in [2.05, 4.69) is 5.32 Å². The van der Waals surface area contributed by atoms with Crippen LogP contribution in [0.3, 0.4) is 0 Å². The Morgan fingerprint density at radius 1 is 1.35 bits per heavy atom. The zero-order valence-electron chi connectivity index (χ0n) is 11.0. The molecule has 0 aliphatic heterocycles. The SMILES string of the molecule is O=C(C=Cc1ccc(Cl)cc1Cl)NCC1(O)CCCC1. The number of hydrogen-bond acceptors (Lipinski definition) is 2. The Labute approximate surface area is 128 Å². The topological polar surface area (TPSA) is 49.3 Å². The van der Waals surface area contributed by atoms with Gasteiger partial charge in [-0.3, -0.25) is 4.79 Å². The Balaban J connectivity index is 1.89. The number of carbonyl (C=O) groups excluding carboxylic acids is 1. The number of nitrogens with one attached hydrogen (secondary N) is 1. The Bertz CT molecular complexity index is 523. The van der Waals surface area contributed by atoms with Gasteiger partial charge < -0.3 is 10.4 Å². The van der Waals surface area contributed by atoms with Crippen LogP contribution in [-0.2, 0) is 4.79 Å². The number of aliphatic hydroxyl groups is 1. The van der Waals surface area contributed by atoms with Gasteiger partial charge in [-0.15, -0.1) is 0 Å². The second kappa shape index (κ2) is 6.61. The quantitative estimate of drug-likeness (QED) is 0.837. The zero-order valence-corrected chi connectivity index (χ0v) is 12.5. The van der Waals surface area contributed by atoms with E-state index in [0.717, 1.165) is 31.2 Å². The molecule has 0 heterocycles. The summed E-state index contributed by atoms with van der Waals surface area (Å²) >= 11 is 11.8. The van der Waals surface area contributed by atoms with Crippen LogP contribution in [0.15, 0.2) is 24.3 Å². The maximum Gasteiger partial charge on any atom is 0.244 e. The third kappa shape index (κ3) is 4.23. The van der Waals surface area contributed by atoms with Crippen LogP contribution >= 0.6 is 23.2 Å². The lowest BCUT2D eigenvalue weighted by Gasteiger charge is -2.21. The van der Waals surface area contributed by atoms with E-state index in [4.69, 9.17) is 23.2 Å². The molecule has 1 fully saturated rings. The first-order valence-electron chi connectivity index (χ1n) is 6.62. The molecule has 1 aromatic carbocycles. The molecule has 1 amide bonds. The molecule has 0 spiro atoms. The molecule has 0 unspecified atom stereocenters. The fourth-order valence-corrected chi connectivity index (χ4v) is 2.79. The summed E-state index contributed by atoms with van der Waals surface area (Å²) in [5.41, 5.74) is -0.00712. The average molecular weight is 314 g/mol. The highest BCUT2D eigenvalue weighted by atomic mass is 35.5. The average Bonchev–Trinajstić information content (AvgIpc) is 2.83. The fourth-order valence-electron chi connectivity index (χ4n) is 2.32. The maximum atomic E-state index is 11.7. The molecule has 5 heteroatoms. The fraction of sp³-hybridized carbons (Fsp3) is 0.400. The van der Waals surface area contributed by atoms with Crippen LogP contribution in [0, 0.1) is 0 Å². The Morgan fingerprint density at radius 3 is 2.70 bits per heavy atom.